The first-order valence-electron chi connectivity index (χ1n) is 9.51. The minimum atomic E-state index is -1.58. The molecule has 30 heavy (non-hydrogen) atoms. The van der Waals surface area contributed by atoms with E-state index < -0.39 is 29.0 Å². The molecular formula is C22H26N2O6. The molecule has 0 aliphatic carbocycles. The third-order valence-electron chi connectivity index (χ3n) is 6.09. The Morgan fingerprint density at radius 1 is 1.03 bits per heavy atom. The second-order valence-corrected chi connectivity index (χ2v) is 7.70. The van der Waals surface area contributed by atoms with Crippen molar-refractivity contribution in [3.05, 3.63) is 69.8 Å². The number of para-hydroxylation sites is 1. The number of carbonyl (C=O) groups is 1. The Morgan fingerprint density at radius 2 is 1.67 bits per heavy atom. The van der Waals surface area contributed by atoms with Gasteiger partial charge in [0, 0.05) is 17.4 Å². The third-order valence-corrected chi connectivity index (χ3v) is 6.09. The summed E-state index contributed by atoms with van der Waals surface area (Å²) in [5, 5.41) is 15.8. The van der Waals surface area contributed by atoms with E-state index in [1.807, 2.05) is 0 Å². The molecule has 1 heterocycles. The van der Waals surface area contributed by atoms with E-state index in [-0.39, 0.29) is 4.92 Å². The fraction of sp³-hybridized carbons (Fsp3) is 0.409. The summed E-state index contributed by atoms with van der Waals surface area (Å²) in [7, 11) is 4.33. The Balaban J connectivity index is 2.26. The number of hydrogen-bond acceptors (Lipinski definition) is 7. The number of nitrogens with one attached hydrogen (secondary N) is 1. The van der Waals surface area contributed by atoms with Crippen molar-refractivity contribution in [3.63, 3.8) is 0 Å². The number of methoxy groups -OCH3 is 3. The fourth-order valence-electron chi connectivity index (χ4n) is 4.64. The first kappa shape index (κ1) is 21.6. The summed E-state index contributed by atoms with van der Waals surface area (Å²) < 4.78 is 15.7. The van der Waals surface area contributed by atoms with Crippen molar-refractivity contribution in [2.75, 3.05) is 21.3 Å². The molecule has 4 atom stereocenters. The molecule has 1 aliphatic rings. The fourth-order valence-corrected chi connectivity index (χ4v) is 4.64. The predicted molar refractivity (Wildman–Crippen MR) is 110 cm³/mol. The number of benzene rings is 2. The van der Waals surface area contributed by atoms with Crippen LogP contribution >= 0.6 is 0 Å². The summed E-state index contributed by atoms with van der Waals surface area (Å²) in [6.45, 7) is 3.20. The molecule has 3 rings (SSSR count). The number of esters is 1. The normalized spacial score (nSPS) is 28.0. The monoisotopic (exact) mass is 414 g/mol. The van der Waals surface area contributed by atoms with Crippen molar-refractivity contribution in [1.29, 1.82) is 0 Å². The van der Waals surface area contributed by atoms with Crippen molar-refractivity contribution in [3.8, 4) is 11.5 Å². The van der Waals surface area contributed by atoms with Gasteiger partial charge in [0.25, 0.3) is 0 Å². The van der Waals surface area contributed by atoms with Gasteiger partial charge in [-0.25, -0.2) is 0 Å². The minimum absolute atomic E-state index is 0.319. The SMILES string of the molecule is COC(=O)C1(C)NC(c2ccccc2OC)C(C)([N+](=O)[O-])C1c1ccc(OC)cc1. The molecule has 0 radical (unpaired) electrons. The number of carbonyl (C=O) groups excluding carboxylic acids is 1. The highest BCUT2D eigenvalue weighted by Gasteiger charge is 2.70. The number of ether oxygens (including phenoxy) is 3. The summed E-state index contributed by atoms with van der Waals surface area (Å²) in [4.78, 5) is 25.2. The summed E-state index contributed by atoms with van der Waals surface area (Å²) >= 11 is 0. The zero-order valence-corrected chi connectivity index (χ0v) is 17.7. The molecule has 0 saturated carbocycles. The van der Waals surface area contributed by atoms with Gasteiger partial charge in [-0.2, -0.15) is 0 Å². The molecule has 0 spiro atoms. The molecule has 0 amide bonds. The van der Waals surface area contributed by atoms with Crippen molar-refractivity contribution in [2.45, 2.75) is 36.9 Å². The van der Waals surface area contributed by atoms with Gasteiger partial charge in [0.15, 0.2) is 0 Å². The van der Waals surface area contributed by atoms with E-state index in [1.165, 1.54) is 14.2 Å². The van der Waals surface area contributed by atoms with Crippen LogP contribution < -0.4 is 14.8 Å². The number of nitro groups is 1. The van der Waals surface area contributed by atoms with Crippen LogP contribution in [0, 0.1) is 10.1 Å². The van der Waals surface area contributed by atoms with Crippen molar-refractivity contribution >= 4 is 5.97 Å². The van der Waals surface area contributed by atoms with Gasteiger partial charge in [-0.3, -0.25) is 20.2 Å². The Hall–Kier alpha value is -3.13. The van der Waals surface area contributed by atoms with Crippen LogP contribution in [0.25, 0.3) is 0 Å². The van der Waals surface area contributed by atoms with E-state index in [0.717, 1.165) is 0 Å². The Morgan fingerprint density at radius 3 is 2.20 bits per heavy atom. The Labute approximate surface area is 175 Å². The smallest absolute Gasteiger partial charge is 0.326 e. The van der Waals surface area contributed by atoms with E-state index in [1.54, 1.807) is 69.5 Å². The molecule has 1 fully saturated rings. The zero-order chi connectivity index (χ0) is 22.1. The Bertz CT molecular complexity index is 947. The van der Waals surface area contributed by atoms with Gasteiger partial charge in [-0.05, 0) is 30.7 Å². The maximum atomic E-state index is 12.9. The average molecular weight is 414 g/mol. The number of nitrogens with zero attached hydrogens (tertiary/aromatic N) is 1. The van der Waals surface area contributed by atoms with Gasteiger partial charge in [0.1, 0.15) is 23.1 Å². The number of rotatable bonds is 6. The maximum absolute atomic E-state index is 12.9. The zero-order valence-electron chi connectivity index (χ0n) is 17.7. The molecular weight excluding hydrogens is 388 g/mol. The molecule has 0 aromatic heterocycles. The minimum Gasteiger partial charge on any atom is -0.497 e. The second-order valence-electron chi connectivity index (χ2n) is 7.70. The molecule has 8 nitrogen and oxygen atoms in total. The highest BCUT2D eigenvalue weighted by Crippen LogP contribution is 2.54. The molecule has 1 aliphatic heterocycles. The van der Waals surface area contributed by atoms with E-state index in [0.29, 0.717) is 22.6 Å². The summed E-state index contributed by atoms with van der Waals surface area (Å²) in [6.07, 6.45) is 0. The molecule has 2 aromatic rings. The average Bonchev–Trinajstić information content (AvgIpc) is 3.02. The van der Waals surface area contributed by atoms with Gasteiger partial charge in [-0.15, -0.1) is 0 Å². The standard InChI is InChI=1S/C22H26N2O6/c1-21(20(25)30-5)18(14-10-12-15(28-3)13-11-14)22(2,24(26)27)19(23-21)16-8-6-7-9-17(16)29-4/h6-13,18-19,23H,1-5H3. The highest BCUT2D eigenvalue weighted by atomic mass is 16.6. The van der Waals surface area contributed by atoms with Crippen LogP contribution in [-0.4, -0.2) is 43.3 Å². The first-order chi connectivity index (χ1) is 14.2. The highest BCUT2D eigenvalue weighted by molar-refractivity contribution is 5.83. The topological polar surface area (TPSA) is 99.9 Å². The van der Waals surface area contributed by atoms with Crippen LogP contribution in [-0.2, 0) is 9.53 Å². The van der Waals surface area contributed by atoms with E-state index in [2.05, 4.69) is 5.32 Å². The summed E-state index contributed by atoms with van der Waals surface area (Å²) in [6, 6.07) is 13.2. The van der Waals surface area contributed by atoms with Crippen LogP contribution in [0.3, 0.4) is 0 Å². The van der Waals surface area contributed by atoms with Crippen molar-refractivity contribution in [2.24, 2.45) is 0 Å². The number of hydrogen-bond donors (Lipinski definition) is 1. The lowest BCUT2D eigenvalue weighted by molar-refractivity contribution is -0.571. The quantitative estimate of drug-likeness (QED) is 0.440. The molecule has 160 valence electrons. The molecule has 1 saturated heterocycles. The summed E-state index contributed by atoms with van der Waals surface area (Å²) in [5.74, 6) is -0.277. The first-order valence-corrected chi connectivity index (χ1v) is 9.51. The van der Waals surface area contributed by atoms with Gasteiger partial charge >= 0.3 is 5.97 Å². The molecule has 2 aromatic carbocycles. The molecule has 1 N–H and O–H groups in total. The maximum Gasteiger partial charge on any atom is 0.326 e. The van der Waals surface area contributed by atoms with Crippen LogP contribution in [0.5, 0.6) is 11.5 Å². The predicted octanol–water partition coefficient (Wildman–Crippen LogP) is 3.10. The van der Waals surface area contributed by atoms with Crippen LogP contribution in [0.2, 0.25) is 0 Å². The third kappa shape index (κ3) is 3.17. The largest absolute Gasteiger partial charge is 0.497 e. The van der Waals surface area contributed by atoms with Gasteiger partial charge in [0.05, 0.1) is 27.2 Å². The lowest BCUT2D eigenvalue weighted by Gasteiger charge is -2.32. The lowest BCUT2D eigenvalue weighted by atomic mass is 9.70. The lowest BCUT2D eigenvalue weighted by Crippen LogP contribution is -2.51. The molecule has 8 heteroatoms. The van der Waals surface area contributed by atoms with Crippen molar-refractivity contribution < 1.29 is 23.9 Å². The molecule has 4 unspecified atom stereocenters. The van der Waals surface area contributed by atoms with E-state index in [4.69, 9.17) is 14.2 Å². The second kappa shape index (κ2) is 7.95. The van der Waals surface area contributed by atoms with E-state index >= 15 is 0 Å². The van der Waals surface area contributed by atoms with E-state index in [9.17, 15) is 14.9 Å². The summed E-state index contributed by atoms with van der Waals surface area (Å²) in [5.41, 5.74) is -1.69. The van der Waals surface area contributed by atoms with Crippen molar-refractivity contribution in [1.82, 2.24) is 5.32 Å². The Kier molecular flexibility index (Phi) is 5.72. The van der Waals surface area contributed by atoms with Crippen LogP contribution in [0.15, 0.2) is 48.5 Å². The van der Waals surface area contributed by atoms with Gasteiger partial charge in [0.2, 0.25) is 5.54 Å². The van der Waals surface area contributed by atoms with Gasteiger partial charge < -0.3 is 14.2 Å². The van der Waals surface area contributed by atoms with Gasteiger partial charge in [-0.1, -0.05) is 30.3 Å². The van der Waals surface area contributed by atoms with Crippen LogP contribution in [0.4, 0.5) is 0 Å². The van der Waals surface area contributed by atoms with Crippen LogP contribution in [0.1, 0.15) is 36.9 Å². The molecule has 0 bridgehead atoms.